The van der Waals surface area contributed by atoms with Crippen LogP contribution in [-0.4, -0.2) is 18.4 Å². The molecule has 0 heterocycles. The fraction of sp³-hybridized carbons (Fsp3) is 0.667. The standard InChI is InChI=1S/C12H18O3/c1-3-15-12(14)9(2)10-7-5-4-6-8-11(10)13/h10H,2-8H2,1H3. The first-order chi connectivity index (χ1) is 7.16. The highest BCUT2D eigenvalue weighted by Gasteiger charge is 2.27. The van der Waals surface area contributed by atoms with Gasteiger partial charge in [0.25, 0.3) is 0 Å². The molecule has 1 fully saturated rings. The molecule has 0 aromatic carbocycles. The topological polar surface area (TPSA) is 43.4 Å². The number of ether oxygens (including phenoxy) is 1. The summed E-state index contributed by atoms with van der Waals surface area (Å²) in [6.45, 7) is 5.78. The van der Waals surface area contributed by atoms with Gasteiger partial charge in [0.05, 0.1) is 6.61 Å². The second-order valence-electron chi connectivity index (χ2n) is 3.86. The van der Waals surface area contributed by atoms with Gasteiger partial charge in [-0.3, -0.25) is 4.79 Å². The van der Waals surface area contributed by atoms with E-state index in [0.29, 0.717) is 18.6 Å². The van der Waals surface area contributed by atoms with Crippen LogP contribution in [0.15, 0.2) is 12.2 Å². The average Bonchev–Trinajstić information content (AvgIpc) is 2.42. The van der Waals surface area contributed by atoms with Gasteiger partial charge < -0.3 is 4.74 Å². The highest BCUT2D eigenvalue weighted by Crippen LogP contribution is 2.25. The molecule has 15 heavy (non-hydrogen) atoms. The molecule has 3 nitrogen and oxygen atoms in total. The lowest BCUT2D eigenvalue weighted by atomic mass is 9.91. The SMILES string of the molecule is C=C(C(=O)OCC)C1CCCCCC1=O. The van der Waals surface area contributed by atoms with E-state index in [1.54, 1.807) is 6.92 Å². The van der Waals surface area contributed by atoms with E-state index in [1.165, 1.54) is 0 Å². The van der Waals surface area contributed by atoms with E-state index in [2.05, 4.69) is 6.58 Å². The molecule has 0 saturated heterocycles. The molecule has 1 saturated carbocycles. The average molecular weight is 210 g/mol. The molecule has 0 radical (unpaired) electrons. The van der Waals surface area contributed by atoms with Crippen LogP contribution < -0.4 is 0 Å². The molecular formula is C12H18O3. The lowest BCUT2D eigenvalue weighted by Crippen LogP contribution is -2.21. The lowest BCUT2D eigenvalue weighted by molar-refractivity contribution is -0.140. The molecule has 3 heteroatoms. The third-order valence-corrected chi connectivity index (χ3v) is 2.76. The van der Waals surface area contributed by atoms with Crippen molar-refractivity contribution < 1.29 is 14.3 Å². The first-order valence-electron chi connectivity index (χ1n) is 5.55. The van der Waals surface area contributed by atoms with E-state index in [1.807, 2.05) is 0 Å². The third kappa shape index (κ3) is 3.18. The summed E-state index contributed by atoms with van der Waals surface area (Å²) in [5.74, 6) is -0.574. The van der Waals surface area contributed by atoms with E-state index >= 15 is 0 Å². The molecule has 0 spiro atoms. The number of ketones is 1. The quantitative estimate of drug-likeness (QED) is 0.407. The Bertz CT molecular complexity index is 268. The molecule has 0 aliphatic heterocycles. The van der Waals surface area contributed by atoms with Gasteiger partial charge in [0.15, 0.2) is 0 Å². The molecule has 0 bridgehead atoms. The fourth-order valence-corrected chi connectivity index (χ4v) is 1.89. The van der Waals surface area contributed by atoms with Crippen LogP contribution >= 0.6 is 0 Å². The van der Waals surface area contributed by atoms with Gasteiger partial charge in [-0.25, -0.2) is 4.79 Å². The Kier molecular flexibility index (Phi) is 4.53. The molecule has 1 aliphatic carbocycles. The highest BCUT2D eigenvalue weighted by atomic mass is 16.5. The van der Waals surface area contributed by atoms with Gasteiger partial charge in [-0.2, -0.15) is 0 Å². The minimum absolute atomic E-state index is 0.144. The van der Waals surface area contributed by atoms with Gasteiger partial charge in [-0.15, -0.1) is 0 Å². The van der Waals surface area contributed by atoms with Crippen LogP contribution in [-0.2, 0) is 14.3 Å². The predicted octanol–water partition coefficient (Wildman–Crippen LogP) is 2.26. The second kappa shape index (κ2) is 5.69. The van der Waals surface area contributed by atoms with E-state index in [9.17, 15) is 9.59 Å². The zero-order valence-corrected chi connectivity index (χ0v) is 9.25. The first-order valence-corrected chi connectivity index (χ1v) is 5.55. The summed E-state index contributed by atoms with van der Waals surface area (Å²) < 4.78 is 4.86. The van der Waals surface area contributed by atoms with E-state index in [4.69, 9.17) is 4.74 Å². The fourth-order valence-electron chi connectivity index (χ4n) is 1.89. The maximum atomic E-state index is 11.7. The summed E-state index contributed by atoms with van der Waals surface area (Å²) in [6, 6.07) is 0. The van der Waals surface area contributed by atoms with Crippen molar-refractivity contribution in [3.8, 4) is 0 Å². The lowest BCUT2D eigenvalue weighted by Gasteiger charge is -2.14. The maximum Gasteiger partial charge on any atom is 0.334 e. The molecule has 0 aromatic rings. The van der Waals surface area contributed by atoms with Crippen molar-refractivity contribution in [2.75, 3.05) is 6.61 Å². The molecular weight excluding hydrogens is 192 g/mol. The van der Waals surface area contributed by atoms with Crippen molar-refractivity contribution in [2.45, 2.75) is 39.0 Å². The van der Waals surface area contributed by atoms with E-state index < -0.39 is 5.97 Å². The largest absolute Gasteiger partial charge is 0.463 e. The molecule has 1 atom stereocenters. The summed E-state index contributed by atoms with van der Waals surface area (Å²) in [7, 11) is 0. The number of hydrogen-bond donors (Lipinski definition) is 0. The summed E-state index contributed by atoms with van der Waals surface area (Å²) in [5, 5.41) is 0. The first kappa shape index (κ1) is 12.0. The number of esters is 1. The maximum absolute atomic E-state index is 11.7. The van der Waals surface area contributed by atoms with Gasteiger partial charge in [-0.05, 0) is 19.8 Å². The van der Waals surface area contributed by atoms with Crippen LogP contribution in [0.25, 0.3) is 0 Å². The third-order valence-electron chi connectivity index (χ3n) is 2.76. The van der Waals surface area contributed by atoms with Crippen molar-refractivity contribution in [3.63, 3.8) is 0 Å². The summed E-state index contributed by atoms with van der Waals surface area (Å²) in [4.78, 5) is 23.1. The van der Waals surface area contributed by atoms with Crippen LogP contribution in [0.3, 0.4) is 0 Å². The molecule has 1 unspecified atom stereocenters. The number of carbonyl (C=O) groups is 2. The highest BCUT2D eigenvalue weighted by molar-refractivity contribution is 5.97. The van der Waals surface area contributed by atoms with Crippen molar-refractivity contribution in [3.05, 3.63) is 12.2 Å². The van der Waals surface area contributed by atoms with Crippen LogP contribution in [0.2, 0.25) is 0 Å². The molecule has 0 amide bonds. The number of Topliss-reactive ketones (excluding diaryl/α,β-unsaturated/α-hetero) is 1. The van der Waals surface area contributed by atoms with Crippen molar-refractivity contribution in [1.29, 1.82) is 0 Å². The van der Waals surface area contributed by atoms with Crippen LogP contribution in [0.1, 0.15) is 39.0 Å². The van der Waals surface area contributed by atoms with Crippen LogP contribution in [0.5, 0.6) is 0 Å². The van der Waals surface area contributed by atoms with Gasteiger partial charge in [0.1, 0.15) is 5.78 Å². The van der Waals surface area contributed by atoms with Gasteiger partial charge in [-0.1, -0.05) is 19.4 Å². The van der Waals surface area contributed by atoms with E-state index in [0.717, 1.165) is 25.7 Å². The molecule has 1 rings (SSSR count). The molecule has 0 aromatic heterocycles. The van der Waals surface area contributed by atoms with E-state index in [-0.39, 0.29) is 11.7 Å². The van der Waals surface area contributed by atoms with Crippen molar-refractivity contribution >= 4 is 11.8 Å². The Morgan fingerprint density at radius 2 is 2.20 bits per heavy atom. The van der Waals surface area contributed by atoms with Crippen LogP contribution in [0.4, 0.5) is 0 Å². The Hall–Kier alpha value is -1.12. The van der Waals surface area contributed by atoms with Crippen molar-refractivity contribution in [2.24, 2.45) is 5.92 Å². The zero-order chi connectivity index (χ0) is 11.3. The number of carbonyl (C=O) groups excluding carboxylic acids is 2. The Morgan fingerprint density at radius 1 is 1.47 bits per heavy atom. The van der Waals surface area contributed by atoms with Crippen LogP contribution in [0, 0.1) is 5.92 Å². The van der Waals surface area contributed by atoms with Gasteiger partial charge in [0, 0.05) is 17.9 Å². The number of rotatable bonds is 3. The Balaban J connectivity index is 2.63. The Labute approximate surface area is 90.5 Å². The summed E-state index contributed by atoms with van der Waals surface area (Å²) >= 11 is 0. The van der Waals surface area contributed by atoms with Gasteiger partial charge >= 0.3 is 5.97 Å². The van der Waals surface area contributed by atoms with Gasteiger partial charge in [0.2, 0.25) is 0 Å². The second-order valence-corrected chi connectivity index (χ2v) is 3.86. The molecule has 0 N–H and O–H groups in total. The normalized spacial score (nSPS) is 21.9. The smallest absolute Gasteiger partial charge is 0.334 e. The zero-order valence-electron chi connectivity index (χ0n) is 9.25. The van der Waals surface area contributed by atoms with Crippen molar-refractivity contribution in [1.82, 2.24) is 0 Å². The minimum Gasteiger partial charge on any atom is -0.463 e. The number of hydrogen-bond acceptors (Lipinski definition) is 3. The predicted molar refractivity (Wildman–Crippen MR) is 57.4 cm³/mol. The summed E-state index contributed by atoms with van der Waals surface area (Å²) in [6.07, 6.45) is 4.32. The monoisotopic (exact) mass is 210 g/mol. The molecule has 84 valence electrons. The Morgan fingerprint density at radius 3 is 2.87 bits per heavy atom. The minimum atomic E-state index is -0.419. The molecule has 1 aliphatic rings. The summed E-state index contributed by atoms with van der Waals surface area (Å²) in [5.41, 5.74) is 0.337.